The number of amides is 4. The molecule has 0 saturated carbocycles. The average Bonchev–Trinajstić information content (AvgIpc) is 3.74. The number of carbonyl (C=O) groups is 5. The molecule has 2 heterocycles. The Morgan fingerprint density at radius 3 is 2.19 bits per heavy atom. The number of hydrogen-bond acceptors (Lipinski definition) is 7. The first-order valence-electron chi connectivity index (χ1n) is 16.9. The average molecular weight is 726 g/mol. The summed E-state index contributed by atoms with van der Waals surface area (Å²) in [5.74, 6) is -1.48. The Bertz CT molecular complexity index is 2240. The van der Waals surface area contributed by atoms with E-state index in [-0.39, 0.29) is 40.6 Å². The summed E-state index contributed by atoms with van der Waals surface area (Å²) in [5.41, 5.74) is 3.50. The first-order chi connectivity index (χ1) is 25.7. The lowest BCUT2D eigenvalue weighted by Crippen LogP contribution is -2.43. The second-order valence-electron chi connectivity index (χ2n) is 12.5. The maximum Gasteiger partial charge on any atom is 0.290 e. The molecule has 5 aromatic rings. The Kier molecular flexibility index (Phi) is 10.3. The number of nitrogens with zero attached hydrogens (tertiary/aromatic N) is 1. The summed E-state index contributed by atoms with van der Waals surface area (Å²) in [4.78, 5) is 66.6. The van der Waals surface area contributed by atoms with Gasteiger partial charge in [-0.3, -0.25) is 29.3 Å². The van der Waals surface area contributed by atoms with Crippen LogP contribution in [0.25, 0.3) is 17.2 Å². The van der Waals surface area contributed by atoms with Crippen molar-refractivity contribution in [2.24, 2.45) is 0 Å². The third-order valence-electron chi connectivity index (χ3n) is 9.02. The molecule has 264 valence electrons. The number of thioether (sulfide) groups is 1. The second kappa shape index (κ2) is 15.5. The van der Waals surface area contributed by atoms with Crippen molar-refractivity contribution < 1.29 is 33.1 Å². The van der Waals surface area contributed by atoms with Crippen molar-refractivity contribution in [3.63, 3.8) is 0 Å². The molecule has 2 saturated heterocycles. The molecule has 0 spiro atoms. The molecule has 0 bridgehead atoms. The zero-order valence-corrected chi connectivity index (χ0v) is 29.0. The standard InChI is InChI=1S/C42H32FN3O6S/c43-30-20-18-28(19-21-30)38(47)34-11-4-5-12-35(34)41(50)46-25-32(52-36-13-7-6-10-33(36)27-8-2-1-3-9-27)23-31(46)24-44-39(48)29-16-14-26(15-17-29)22-37-40(49)45-42(51)53-37/h1-22,31-32H,23-25H2,(H,44,48)(H,45,49,51)/b37-22+/t31-,32+/m0/s1. The molecule has 4 amide bonds. The molecule has 2 N–H and O–H groups in total. The number of para-hydroxylation sites is 1. The van der Waals surface area contributed by atoms with Gasteiger partial charge in [0, 0.05) is 35.2 Å². The van der Waals surface area contributed by atoms with Crippen LogP contribution in [-0.2, 0) is 4.79 Å². The SMILES string of the molecule is O=C1NC(=O)/C(=C\c2ccc(C(=O)NC[C@@H]3C[C@@H](Oc4ccccc4-c4ccccc4)CN3C(=O)c3ccccc3C(=O)c3ccc(F)cc3)cc2)S1. The summed E-state index contributed by atoms with van der Waals surface area (Å²) in [7, 11) is 0. The van der Waals surface area contributed by atoms with Gasteiger partial charge in [-0.15, -0.1) is 0 Å². The Labute approximate surface area is 308 Å². The third kappa shape index (κ3) is 7.95. The number of nitrogens with one attached hydrogen (secondary N) is 2. The molecule has 5 aromatic carbocycles. The molecule has 53 heavy (non-hydrogen) atoms. The first kappa shape index (κ1) is 35.1. The maximum atomic E-state index is 14.4. The van der Waals surface area contributed by atoms with Crippen LogP contribution in [0.5, 0.6) is 5.75 Å². The number of likely N-dealkylation sites (tertiary alicyclic amines) is 1. The van der Waals surface area contributed by atoms with Gasteiger partial charge in [-0.25, -0.2) is 4.39 Å². The lowest BCUT2D eigenvalue weighted by molar-refractivity contribution is -0.115. The summed E-state index contributed by atoms with van der Waals surface area (Å²) in [6, 6.07) is 35.3. The molecule has 9 nitrogen and oxygen atoms in total. The van der Waals surface area contributed by atoms with Gasteiger partial charge in [0.1, 0.15) is 17.7 Å². The Morgan fingerprint density at radius 2 is 1.47 bits per heavy atom. The van der Waals surface area contributed by atoms with Gasteiger partial charge in [-0.2, -0.15) is 0 Å². The number of carbonyl (C=O) groups excluding carboxylic acids is 5. The highest BCUT2D eigenvalue weighted by Gasteiger charge is 2.38. The van der Waals surface area contributed by atoms with Crippen LogP contribution in [0.2, 0.25) is 0 Å². The lowest BCUT2D eigenvalue weighted by Gasteiger charge is -2.25. The van der Waals surface area contributed by atoms with Crippen LogP contribution in [0.1, 0.15) is 48.6 Å². The molecular weight excluding hydrogens is 694 g/mol. The lowest BCUT2D eigenvalue weighted by atomic mass is 9.97. The second-order valence-corrected chi connectivity index (χ2v) is 13.5. The minimum atomic E-state index is -0.492. The number of ketones is 1. The van der Waals surface area contributed by atoms with E-state index in [0.29, 0.717) is 23.3 Å². The monoisotopic (exact) mass is 725 g/mol. The van der Waals surface area contributed by atoms with E-state index >= 15 is 0 Å². The van der Waals surface area contributed by atoms with E-state index in [1.54, 1.807) is 59.5 Å². The molecule has 0 aromatic heterocycles. The van der Waals surface area contributed by atoms with E-state index in [2.05, 4.69) is 10.6 Å². The summed E-state index contributed by atoms with van der Waals surface area (Å²) in [5, 5.41) is 4.73. The molecule has 0 unspecified atom stereocenters. The third-order valence-corrected chi connectivity index (χ3v) is 9.83. The van der Waals surface area contributed by atoms with Crippen molar-refractivity contribution in [3.05, 3.63) is 166 Å². The van der Waals surface area contributed by atoms with E-state index in [4.69, 9.17) is 4.74 Å². The van der Waals surface area contributed by atoms with Gasteiger partial charge in [0.05, 0.1) is 23.1 Å². The van der Waals surface area contributed by atoms with Crippen LogP contribution in [0.3, 0.4) is 0 Å². The Morgan fingerprint density at radius 1 is 0.811 bits per heavy atom. The van der Waals surface area contributed by atoms with Crippen LogP contribution >= 0.6 is 11.8 Å². The summed E-state index contributed by atoms with van der Waals surface area (Å²) < 4.78 is 20.2. The van der Waals surface area contributed by atoms with Gasteiger partial charge in [0.2, 0.25) is 0 Å². The molecule has 2 aliphatic heterocycles. The first-order valence-corrected chi connectivity index (χ1v) is 17.7. The fourth-order valence-corrected chi connectivity index (χ4v) is 7.08. The van der Waals surface area contributed by atoms with E-state index in [1.165, 1.54) is 24.3 Å². The topological polar surface area (TPSA) is 122 Å². The van der Waals surface area contributed by atoms with Gasteiger partial charge in [-0.1, -0.05) is 78.9 Å². The predicted molar refractivity (Wildman–Crippen MR) is 200 cm³/mol. The number of benzene rings is 5. The highest BCUT2D eigenvalue weighted by Crippen LogP contribution is 2.33. The quantitative estimate of drug-likeness (QED) is 0.116. The maximum absolute atomic E-state index is 14.4. The van der Waals surface area contributed by atoms with Crippen LogP contribution < -0.4 is 15.4 Å². The van der Waals surface area contributed by atoms with Crippen LogP contribution in [-0.4, -0.2) is 58.9 Å². The molecule has 7 rings (SSSR count). The van der Waals surface area contributed by atoms with Crippen molar-refractivity contribution >= 4 is 46.6 Å². The van der Waals surface area contributed by atoms with Crippen LogP contribution in [0.4, 0.5) is 9.18 Å². The zero-order chi connectivity index (χ0) is 36.9. The molecular formula is C42H32FN3O6S. The van der Waals surface area contributed by atoms with Gasteiger partial charge in [-0.05, 0) is 77.5 Å². The minimum absolute atomic E-state index is 0.101. The highest BCUT2D eigenvalue weighted by atomic mass is 32.2. The molecule has 0 aliphatic carbocycles. The van der Waals surface area contributed by atoms with Gasteiger partial charge in [0.15, 0.2) is 5.78 Å². The number of imide groups is 1. The summed E-state index contributed by atoms with van der Waals surface area (Å²) in [6.45, 7) is 0.294. The van der Waals surface area contributed by atoms with Crippen molar-refractivity contribution in [3.8, 4) is 16.9 Å². The van der Waals surface area contributed by atoms with E-state index < -0.39 is 40.8 Å². The number of ether oxygens (including phenoxy) is 1. The van der Waals surface area contributed by atoms with E-state index in [9.17, 15) is 28.4 Å². The molecule has 11 heteroatoms. The molecule has 2 atom stereocenters. The van der Waals surface area contributed by atoms with Crippen molar-refractivity contribution in [1.29, 1.82) is 0 Å². The summed E-state index contributed by atoms with van der Waals surface area (Å²) >= 11 is 0.811. The number of hydrogen-bond donors (Lipinski definition) is 2. The van der Waals surface area contributed by atoms with E-state index in [0.717, 1.165) is 22.9 Å². The van der Waals surface area contributed by atoms with Gasteiger partial charge >= 0.3 is 0 Å². The van der Waals surface area contributed by atoms with Crippen LogP contribution in [0.15, 0.2) is 132 Å². The highest BCUT2D eigenvalue weighted by molar-refractivity contribution is 8.18. The van der Waals surface area contributed by atoms with Crippen molar-refractivity contribution in [2.45, 2.75) is 18.6 Å². The summed E-state index contributed by atoms with van der Waals surface area (Å²) in [6.07, 6.45) is 1.54. The van der Waals surface area contributed by atoms with E-state index in [1.807, 2.05) is 54.6 Å². The minimum Gasteiger partial charge on any atom is -0.488 e. The largest absolute Gasteiger partial charge is 0.488 e. The Hall–Kier alpha value is -6.33. The fourth-order valence-electron chi connectivity index (χ4n) is 6.40. The molecule has 2 aliphatic rings. The number of rotatable bonds is 10. The van der Waals surface area contributed by atoms with Gasteiger partial charge in [0.25, 0.3) is 23.0 Å². The fraction of sp³-hybridized carbons (Fsp3) is 0.119. The van der Waals surface area contributed by atoms with Crippen molar-refractivity contribution in [1.82, 2.24) is 15.5 Å². The molecule has 0 radical (unpaired) electrons. The predicted octanol–water partition coefficient (Wildman–Crippen LogP) is 7.14. The zero-order valence-electron chi connectivity index (χ0n) is 28.2. The smallest absolute Gasteiger partial charge is 0.290 e. The van der Waals surface area contributed by atoms with Crippen molar-refractivity contribution in [2.75, 3.05) is 13.1 Å². The Balaban J connectivity index is 1.12. The van der Waals surface area contributed by atoms with Crippen LogP contribution in [0, 0.1) is 5.82 Å². The normalized spacial score (nSPS) is 17.5. The van der Waals surface area contributed by atoms with Gasteiger partial charge < -0.3 is 15.0 Å². The number of halogens is 1. The molecule has 2 fully saturated rings.